The van der Waals surface area contributed by atoms with Crippen molar-refractivity contribution >= 4 is 44.5 Å². The number of halogens is 1. The molecule has 0 radical (unpaired) electrons. The third-order valence-electron chi connectivity index (χ3n) is 2.03. The van der Waals surface area contributed by atoms with E-state index in [0.717, 1.165) is 11.8 Å². The highest BCUT2D eigenvalue weighted by Gasteiger charge is 1.99. The fourth-order valence-corrected chi connectivity index (χ4v) is 1.68. The van der Waals surface area contributed by atoms with Gasteiger partial charge in [-0.15, -0.1) is 0 Å². The van der Waals surface area contributed by atoms with E-state index in [0.29, 0.717) is 9.68 Å². The van der Waals surface area contributed by atoms with Crippen molar-refractivity contribution in [3.8, 4) is 0 Å². The van der Waals surface area contributed by atoms with E-state index in [2.05, 4.69) is 21.6 Å². The van der Waals surface area contributed by atoms with Crippen LogP contribution in [0.25, 0.3) is 0 Å². The van der Waals surface area contributed by atoms with E-state index < -0.39 is 5.97 Å². The van der Waals surface area contributed by atoms with Crippen molar-refractivity contribution in [2.24, 2.45) is 15.0 Å². The Hall–Kier alpha value is -1.83. The van der Waals surface area contributed by atoms with Crippen molar-refractivity contribution < 1.29 is 9.53 Å². The molecule has 1 rings (SSSR count). The molecule has 0 saturated carbocycles. The molecule has 0 spiro atoms. The van der Waals surface area contributed by atoms with Crippen LogP contribution in [0, 0.1) is 0 Å². The third kappa shape index (κ3) is 6.93. The molecule has 0 fully saturated rings. The molecule has 0 aliphatic heterocycles. The molecular weight excluding hydrogens is 369 g/mol. The summed E-state index contributed by atoms with van der Waals surface area (Å²) in [4.78, 5) is 23.2. The Morgan fingerprint density at radius 2 is 2.10 bits per heavy atom. The summed E-state index contributed by atoms with van der Waals surface area (Å²) in [6.45, 7) is 5.39. The van der Waals surface area contributed by atoms with Crippen LogP contribution >= 0.6 is 22.6 Å². The van der Waals surface area contributed by atoms with E-state index >= 15 is 0 Å². The van der Waals surface area contributed by atoms with E-state index in [1.165, 1.54) is 6.20 Å². The number of amidine groups is 2. The summed E-state index contributed by atoms with van der Waals surface area (Å²) in [5.74, 6) is -0.00395. The second-order valence-corrected chi connectivity index (χ2v) is 4.56. The fourth-order valence-electron chi connectivity index (χ4n) is 1.20. The number of carbonyl (C=O) groups is 1. The molecule has 1 aromatic rings. The highest BCUT2D eigenvalue weighted by Crippen LogP contribution is 2.00. The molecule has 0 atom stereocenters. The first-order valence-electron chi connectivity index (χ1n) is 5.76. The normalized spacial score (nSPS) is 12.5. The highest BCUT2D eigenvalue weighted by atomic mass is 127. The first-order valence-corrected chi connectivity index (χ1v) is 6.84. The van der Waals surface area contributed by atoms with Gasteiger partial charge >= 0.3 is 5.97 Å². The molecule has 0 saturated heterocycles. The van der Waals surface area contributed by atoms with Gasteiger partial charge in [-0.3, -0.25) is 0 Å². The number of benzene rings is 1. The maximum atomic E-state index is 11.5. The summed E-state index contributed by atoms with van der Waals surface area (Å²) in [5.41, 5.74) is 0.923. The van der Waals surface area contributed by atoms with Gasteiger partial charge in [-0.1, -0.05) is 36.9 Å². The molecule has 0 aliphatic rings. The zero-order chi connectivity index (χ0) is 14.8. The monoisotopic (exact) mass is 383 g/mol. The molecule has 0 heterocycles. The lowest BCUT2D eigenvalue weighted by Gasteiger charge is -2.00. The van der Waals surface area contributed by atoms with Gasteiger partial charge < -0.3 is 4.74 Å². The molecule has 5 nitrogen and oxygen atoms in total. The number of ether oxygens (including phenoxy) is 1. The molecule has 1 aromatic carbocycles. The van der Waals surface area contributed by atoms with Gasteiger partial charge in [0.1, 0.15) is 18.7 Å². The van der Waals surface area contributed by atoms with Crippen LogP contribution in [0.2, 0.25) is 0 Å². The van der Waals surface area contributed by atoms with Gasteiger partial charge in [0.15, 0.2) is 3.84 Å². The van der Waals surface area contributed by atoms with E-state index in [1.807, 2.05) is 52.9 Å². The largest absolute Gasteiger partial charge is 0.457 e. The molecule has 0 N–H and O–H groups in total. The Kier molecular flexibility index (Phi) is 7.41. The Bertz CT molecular complexity index is 551. The SMILES string of the molecule is C=C\N=C(C)/N=C(I)\N=C\C(=O)OCc1ccccc1. The molecule has 0 unspecified atom stereocenters. The number of esters is 1. The van der Waals surface area contributed by atoms with Crippen molar-refractivity contribution in [2.45, 2.75) is 13.5 Å². The van der Waals surface area contributed by atoms with Gasteiger partial charge in [-0.05, 0) is 12.5 Å². The highest BCUT2D eigenvalue weighted by molar-refractivity contribution is 14.1. The summed E-state index contributed by atoms with van der Waals surface area (Å²) < 4.78 is 5.43. The van der Waals surface area contributed by atoms with Crippen molar-refractivity contribution in [3.05, 3.63) is 48.7 Å². The van der Waals surface area contributed by atoms with E-state index in [4.69, 9.17) is 4.74 Å². The van der Waals surface area contributed by atoms with Gasteiger partial charge in [0.2, 0.25) is 0 Å². The zero-order valence-electron chi connectivity index (χ0n) is 11.0. The summed E-state index contributed by atoms with van der Waals surface area (Å²) in [5, 5.41) is 0. The maximum Gasteiger partial charge on any atom is 0.349 e. The lowest BCUT2D eigenvalue weighted by Crippen LogP contribution is -2.06. The van der Waals surface area contributed by atoms with E-state index in [1.54, 1.807) is 6.92 Å². The second-order valence-electron chi connectivity index (χ2n) is 3.59. The first kappa shape index (κ1) is 16.2. The van der Waals surface area contributed by atoms with Crippen molar-refractivity contribution in [2.75, 3.05) is 0 Å². The Balaban J connectivity index is 2.47. The molecule has 0 bridgehead atoms. The smallest absolute Gasteiger partial charge is 0.349 e. The minimum absolute atomic E-state index is 0.219. The van der Waals surface area contributed by atoms with Gasteiger partial charge in [0.25, 0.3) is 0 Å². The summed E-state index contributed by atoms with van der Waals surface area (Å²) in [7, 11) is 0. The molecule has 104 valence electrons. The molecule has 20 heavy (non-hydrogen) atoms. The molecule has 0 aromatic heterocycles. The van der Waals surface area contributed by atoms with Gasteiger partial charge in [-0.25, -0.2) is 19.8 Å². The summed E-state index contributed by atoms with van der Waals surface area (Å²) in [6, 6.07) is 9.43. The van der Waals surface area contributed by atoms with Crippen molar-refractivity contribution in [3.63, 3.8) is 0 Å². The summed E-state index contributed by atoms with van der Waals surface area (Å²) in [6.07, 6.45) is 2.48. The van der Waals surface area contributed by atoms with Crippen LogP contribution in [0.5, 0.6) is 0 Å². The average molecular weight is 383 g/mol. The average Bonchev–Trinajstić information content (AvgIpc) is 2.44. The van der Waals surface area contributed by atoms with E-state index in [9.17, 15) is 4.79 Å². The van der Waals surface area contributed by atoms with Crippen LogP contribution in [-0.2, 0) is 16.1 Å². The lowest BCUT2D eigenvalue weighted by atomic mass is 10.2. The maximum absolute atomic E-state index is 11.5. The molecule has 0 amide bonds. The quantitative estimate of drug-likeness (QED) is 0.264. The minimum atomic E-state index is -0.517. The van der Waals surface area contributed by atoms with Crippen molar-refractivity contribution in [1.82, 2.24) is 0 Å². The fraction of sp³-hybridized carbons (Fsp3) is 0.143. The summed E-state index contributed by atoms with van der Waals surface area (Å²) >= 11 is 1.90. The van der Waals surface area contributed by atoms with Crippen molar-refractivity contribution in [1.29, 1.82) is 0 Å². The van der Waals surface area contributed by atoms with Gasteiger partial charge in [0.05, 0.1) is 0 Å². The van der Waals surface area contributed by atoms with Crippen LogP contribution in [0.4, 0.5) is 0 Å². The van der Waals surface area contributed by atoms with Gasteiger partial charge in [0, 0.05) is 28.8 Å². The topological polar surface area (TPSA) is 63.4 Å². The minimum Gasteiger partial charge on any atom is -0.457 e. The van der Waals surface area contributed by atoms with Crippen LogP contribution in [-0.4, -0.2) is 21.9 Å². The lowest BCUT2D eigenvalue weighted by molar-refractivity contribution is -0.136. The van der Waals surface area contributed by atoms with Crippen LogP contribution in [0.1, 0.15) is 12.5 Å². The predicted molar refractivity (Wildman–Crippen MR) is 89.5 cm³/mol. The first-order chi connectivity index (χ1) is 9.61. The number of hydrogen-bond donors (Lipinski definition) is 0. The Morgan fingerprint density at radius 3 is 2.75 bits per heavy atom. The third-order valence-corrected chi connectivity index (χ3v) is 2.55. The molecule has 0 aliphatic carbocycles. The predicted octanol–water partition coefficient (Wildman–Crippen LogP) is 3.15. The number of hydrogen-bond acceptors (Lipinski definition) is 3. The number of aliphatic imine (C=N–C) groups is 3. The standard InChI is InChI=1S/C14H14IN3O2/c1-3-16-11(2)18-14(15)17-9-13(19)20-10-12-7-5-4-6-8-12/h3-9H,1,10H2,2H3/b16-11-,17-9+,18-14-. The Morgan fingerprint density at radius 1 is 1.40 bits per heavy atom. The van der Waals surface area contributed by atoms with Crippen LogP contribution in [0.15, 0.2) is 58.1 Å². The number of rotatable bonds is 4. The molecule has 6 heteroatoms. The van der Waals surface area contributed by atoms with Gasteiger partial charge in [-0.2, -0.15) is 0 Å². The van der Waals surface area contributed by atoms with Crippen LogP contribution < -0.4 is 0 Å². The van der Waals surface area contributed by atoms with E-state index in [-0.39, 0.29) is 6.61 Å². The second kappa shape index (κ2) is 9.13. The zero-order valence-corrected chi connectivity index (χ0v) is 13.1. The Labute approximate surface area is 131 Å². The van der Waals surface area contributed by atoms with Crippen LogP contribution in [0.3, 0.4) is 0 Å². The number of nitrogens with zero attached hydrogens (tertiary/aromatic N) is 3. The number of carbonyl (C=O) groups excluding carboxylic acids is 1. The molecular formula is C14H14IN3O2.